The van der Waals surface area contributed by atoms with Gasteiger partial charge >= 0.3 is 11.9 Å². The van der Waals surface area contributed by atoms with Crippen molar-refractivity contribution in [1.29, 1.82) is 0 Å². The van der Waals surface area contributed by atoms with Crippen LogP contribution in [-0.2, 0) is 19.1 Å². The molecular weight excluding hydrogens is 376 g/mol. The Hall–Kier alpha value is -1.22. The molecule has 2 unspecified atom stereocenters. The van der Waals surface area contributed by atoms with Crippen LogP contribution in [0.15, 0.2) is 0 Å². The number of rotatable bonds is 4. The number of carbonyl (C=O) groups excluding carboxylic acids is 2. The van der Waals surface area contributed by atoms with E-state index in [2.05, 4.69) is 0 Å². The summed E-state index contributed by atoms with van der Waals surface area (Å²) in [5, 5.41) is 23.4. The molecule has 8 heteroatoms. The third kappa shape index (κ3) is 5.10. The zero-order chi connectivity index (χ0) is 22.4. The van der Waals surface area contributed by atoms with Gasteiger partial charge in [-0.05, 0) is 68.2 Å². The molecule has 2 aliphatic heterocycles. The van der Waals surface area contributed by atoms with E-state index in [1.54, 1.807) is 13.8 Å². The second-order valence-corrected chi connectivity index (χ2v) is 10.9. The lowest BCUT2D eigenvalue weighted by atomic mass is 9.95. The molecule has 2 fully saturated rings. The van der Waals surface area contributed by atoms with Crippen molar-refractivity contribution in [1.82, 2.24) is 10.1 Å². The lowest BCUT2D eigenvalue weighted by Gasteiger charge is -2.42. The van der Waals surface area contributed by atoms with Gasteiger partial charge in [-0.3, -0.25) is 9.59 Å². The molecule has 2 N–H and O–H groups in total. The number of hydroxylamine groups is 4. The molecule has 0 aromatic rings. The highest BCUT2D eigenvalue weighted by Gasteiger charge is 2.53. The normalized spacial score (nSPS) is 31.1. The van der Waals surface area contributed by atoms with Crippen LogP contribution < -0.4 is 0 Å². The van der Waals surface area contributed by atoms with E-state index in [4.69, 9.17) is 9.47 Å². The van der Waals surface area contributed by atoms with Crippen molar-refractivity contribution in [2.45, 2.75) is 122 Å². The number of carbonyl (C=O) groups is 2. The maximum Gasteiger partial charge on any atom is 0.317 e. The molecule has 0 aliphatic carbocycles. The van der Waals surface area contributed by atoms with Gasteiger partial charge in [0.15, 0.2) is 0 Å². The van der Waals surface area contributed by atoms with Crippen LogP contribution in [0.5, 0.6) is 0 Å². The maximum atomic E-state index is 12.4. The summed E-state index contributed by atoms with van der Waals surface area (Å²) in [4.78, 5) is 24.7. The van der Waals surface area contributed by atoms with Crippen LogP contribution >= 0.6 is 0 Å². The van der Waals surface area contributed by atoms with Gasteiger partial charge in [-0.25, -0.2) is 0 Å². The first-order valence-electron chi connectivity index (χ1n) is 10.4. The second-order valence-electron chi connectivity index (χ2n) is 10.9. The van der Waals surface area contributed by atoms with E-state index in [-0.39, 0.29) is 6.10 Å². The molecular formula is C21H38N2O6. The van der Waals surface area contributed by atoms with Gasteiger partial charge in [0.2, 0.25) is 0 Å². The van der Waals surface area contributed by atoms with E-state index in [1.165, 1.54) is 10.1 Å². The summed E-state index contributed by atoms with van der Waals surface area (Å²) in [5.41, 5.74) is -2.26. The Morgan fingerprint density at radius 2 is 1.34 bits per heavy atom. The minimum Gasteiger partial charge on any atom is -0.462 e. The Morgan fingerprint density at radius 3 is 1.86 bits per heavy atom. The molecule has 2 heterocycles. The van der Waals surface area contributed by atoms with E-state index in [0.29, 0.717) is 25.7 Å². The topological polar surface area (TPSA) is 99.5 Å². The van der Waals surface area contributed by atoms with Gasteiger partial charge in [0.25, 0.3) is 0 Å². The number of esters is 2. The van der Waals surface area contributed by atoms with Gasteiger partial charge < -0.3 is 19.9 Å². The van der Waals surface area contributed by atoms with Crippen LogP contribution in [0.3, 0.4) is 0 Å². The fourth-order valence-electron chi connectivity index (χ4n) is 4.72. The van der Waals surface area contributed by atoms with Crippen LogP contribution in [0, 0.1) is 0 Å². The molecule has 2 rings (SSSR count). The molecule has 8 nitrogen and oxygen atoms in total. The zero-order valence-corrected chi connectivity index (χ0v) is 19.1. The average Bonchev–Trinajstić information content (AvgIpc) is 2.65. The Kier molecular flexibility index (Phi) is 6.47. The van der Waals surface area contributed by atoms with Gasteiger partial charge in [-0.1, -0.05) is 0 Å². The van der Waals surface area contributed by atoms with Crippen LogP contribution in [0.25, 0.3) is 0 Å². The van der Waals surface area contributed by atoms with E-state index in [0.717, 1.165) is 0 Å². The number of ether oxygens (including phenoxy) is 2. The second kappa shape index (κ2) is 7.80. The summed E-state index contributed by atoms with van der Waals surface area (Å²) < 4.78 is 11.1. The predicted molar refractivity (Wildman–Crippen MR) is 106 cm³/mol. The molecule has 0 amide bonds. The van der Waals surface area contributed by atoms with Gasteiger partial charge in [0, 0.05) is 29.5 Å². The summed E-state index contributed by atoms with van der Waals surface area (Å²) in [6.07, 6.45) is 0.832. The molecule has 0 aromatic carbocycles. The quantitative estimate of drug-likeness (QED) is 0.534. The average molecular weight is 415 g/mol. The third-order valence-corrected chi connectivity index (χ3v) is 6.40. The van der Waals surface area contributed by atoms with Gasteiger partial charge in [-0.2, -0.15) is 10.1 Å². The molecule has 0 radical (unpaired) electrons. The van der Waals surface area contributed by atoms with Gasteiger partial charge in [0.1, 0.15) is 18.6 Å². The molecule has 2 aliphatic rings. The molecule has 0 spiro atoms. The van der Waals surface area contributed by atoms with E-state index in [1.807, 2.05) is 41.5 Å². The van der Waals surface area contributed by atoms with Crippen molar-refractivity contribution < 1.29 is 29.5 Å². The van der Waals surface area contributed by atoms with Crippen LogP contribution in [0.4, 0.5) is 0 Å². The minimum absolute atomic E-state index is 0.378. The Balaban J connectivity index is 1.93. The van der Waals surface area contributed by atoms with Crippen molar-refractivity contribution in [3.8, 4) is 0 Å². The predicted octanol–water partition coefficient (Wildman–Crippen LogP) is 3.28. The molecule has 0 aromatic heterocycles. The van der Waals surface area contributed by atoms with E-state index < -0.39 is 46.6 Å². The standard InChI is InChI=1S/C21H38N2O6/c1-18(2)10-9-14(12-19(3,4)22(18)26)28-16(24)11-17(25)29-15-13-20(5,6)23(27)21(15,7)8/h14-15,26-27H,9-13H2,1-8H3. The summed E-state index contributed by atoms with van der Waals surface area (Å²) in [6.45, 7) is 15.0. The fraction of sp³-hybridized carbons (Fsp3) is 0.905. The molecule has 0 saturated carbocycles. The summed E-state index contributed by atoms with van der Waals surface area (Å²) in [7, 11) is 0. The van der Waals surface area contributed by atoms with Crippen molar-refractivity contribution in [3.63, 3.8) is 0 Å². The van der Waals surface area contributed by atoms with Gasteiger partial charge in [-0.15, -0.1) is 0 Å². The van der Waals surface area contributed by atoms with Crippen molar-refractivity contribution in [2.24, 2.45) is 0 Å². The Bertz CT molecular complexity index is 643. The Morgan fingerprint density at radius 1 is 0.828 bits per heavy atom. The fourth-order valence-corrected chi connectivity index (χ4v) is 4.72. The summed E-state index contributed by atoms with van der Waals surface area (Å²) >= 11 is 0. The largest absolute Gasteiger partial charge is 0.462 e. The molecule has 168 valence electrons. The van der Waals surface area contributed by atoms with Gasteiger partial charge in [0.05, 0.1) is 5.54 Å². The maximum absolute atomic E-state index is 12.4. The van der Waals surface area contributed by atoms with Crippen molar-refractivity contribution in [3.05, 3.63) is 0 Å². The van der Waals surface area contributed by atoms with Crippen LogP contribution in [0.2, 0.25) is 0 Å². The molecule has 2 saturated heterocycles. The first-order chi connectivity index (χ1) is 13.0. The SMILES string of the molecule is CC1(C)CCC(OC(=O)CC(=O)OC2CC(C)(C)N(O)C2(C)C)CC(C)(C)N1O. The van der Waals surface area contributed by atoms with Crippen molar-refractivity contribution in [2.75, 3.05) is 0 Å². The lowest BCUT2D eigenvalue weighted by Crippen LogP contribution is -2.52. The number of nitrogens with zero attached hydrogens (tertiary/aromatic N) is 2. The zero-order valence-electron chi connectivity index (χ0n) is 19.1. The molecule has 29 heavy (non-hydrogen) atoms. The third-order valence-electron chi connectivity index (χ3n) is 6.40. The highest BCUT2D eigenvalue weighted by molar-refractivity contribution is 5.91. The monoisotopic (exact) mass is 414 g/mol. The smallest absolute Gasteiger partial charge is 0.317 e. The first kappa shape index (κ1) is 24.1. The van der Waals surface area contributed by atoms with Crippen LogP contribution in [-0.4, -0.2) is 66.8 Å². The minimum atomic E-state index is -0.745. The molecule has 2 atom stereocenters. The first-order valence-corrected chi connectivity index (χ1v) is 10.4. The number of hydrogen-bond donors (Lipinski definition) is 2. The summed E-state index contributed by atoms with van der Waals surface area (Å²) in [5.74, 6) is -1.29. The lowest BCUT2D eigenvalue weighted by molar-refractivity contribution is -0.223. The highest BCUT2D eigenvalue weighted by atomic mass is 16.6. The Labute approximate surface area is 174 Å². The molecule has 0 bridgehead atoms. The highest BCUT2D eigenvalue weighted by Crippen LogP contribution is 2.41. The number of hydrogen-bond acceptors (Lipinski definition) is 8. The summed E-state index contributed by atoms with van der Waals surface area (Å²) in [6, 6.07) is 0. The van der Waals surface area contributed by atoms with Crippen molar-refractivity contribution >= 4 is 11.9 Å². The van der Waals surface area contributed by atoms with E-state index >= 15 is 0 Å². The van der Waals surface area contributed by atoms with Crippen LogP contribution in [0.1, 0.15) is 87.5 Å². The van der Waals surface area contributed by atoms with E-state index in [9.17, 15) is 20.0 Å².